The summed E-state index contributed by atoms with van der Waals surface area (Å²) < 4.78 is 0. The van der Waals surface area contributed by atoms with Gasteiger partial charge in [-0.25, -0.2) is 0 Å². The highest BCUT2D eigenvalue weighted by Crippen LogP contribution is 2.28. The van der Waals surface area contributed by atoms with Crippen molar-refractivity contribution in [3.8, 4) is 0 Å². The van der Waals surface area contributed by atoms with E-state index in [-0.39, 0.29) is 0 Å². The van der Waals surface area contributed by atoms with Crippen LogP contribution in [0, 0.1) is 11.8 Å². The molecule has 0 aromatic rings. The molecule has 3 unspecified atom stereocenters. The van der Waals surface area contributed by atoms with Crippen molar-refractivity contribution in [3.63, 3.8) is 0 Å². The summed E-state index contributed by atoms with van der Waals surface area (Å²) in [4.78, 5) is 0. The van der Waals surface area contributed by atoms with Gasteiger partial charge in [-0.05, 0) is 44.6 Å². The van der Waals surface area contributed by atoms with E-state index in [2.05, 4.69) is 26.1 Å². The first-order valence-electron chi connectivity index (χ1n) is 6.95. The summed E-state index contributed by atoms with van der Waals surface area (Å²) in [5.74, 6) is 1.93. The average Bonchev–Trinajstić information content (AvgIpc) is 2.23. The molecule has 1 rings (SSSR count). The molecule has 0 heterocycles. The van der Waals surface area contributed by atoms with E-state index in [9.17, 15) is 0 Å². The number of unbranched alkanes of at least 4 members (excludes halogenated alkanes) is 1. The Bertz CT molecular complexity index is 155. The van der Waals surface area contributed by atoms with Gasteiger partial charge in [0.25, 0.3) is 0 Å². The second kappa shape index (κ2) is 7.27. The van der Waals surface area contributed by atoms with Crippen molar-refractivity contribution < 1.29 is 0 Å². The molecule has 0 spiro atoms. The fraction of sp³-hybridized carbons (Fsp3) is 1.00. The van der Waals surface area contributed by atoms with Crippen LogP contribution in [0.4, 0.5) is 0 Å². The van der Waals surface area contributed by atoms with Gasteiger partial charge in [-0.2, -0.15) is 0 Å². The summed E-state index contributed by atoms with van der Waals surface area (Å²) >= 11 is 0. The fourth-order valence-electron chi connectivity index (χ4n) is 2.73. The van der Waals surface area contributed by atoms with Crippen molar-refractivity contribution in [3.05, 3.63) is 0 Å². The molecule has 0 aromatic heterocycles. The Morgan fingerprint density at radius 1 is 1.33 bits per heavy atom. The molecule has 1 saturated carbocycles. The van der Waals surface area contributed by atoms with Crippen LogP contribution in [0.5, 0.6) is 0 Å². The highest BCUT2D eigenvalue weighted by molar-refractivity contribution is 4.73. The largest absolute Gasteiger partial charge is 0.314 e. The summed E-state index contributed by atoms with van der Waals surface area (Å²) in [6.07, 6.45) is 9.87. The van der Waals surface area contributed by atoms with Crippen LogP contribution in [0.2, 0.25) is 0 Å². The molecule has 1 N–H and O–H groups in total. The Morgan fingerprint density at radius 2 is 2.13 bits per heavy atom. The monoisotopic (exact) mass is 211 g/mol. The van der Waals surface area contributed by atoms with Gasteiger partial charge in [0.15, 0.2) is 0 Å². The van der Waals surface area contributed by atoms with E-state index < -0.39 is 0 Å². The molecule has 1 fully saturated rings. The van der Waals surface area contributed by atoms with Gasteiger partial charge >= 0.3 is 0 Å². The number of rotatable bonds is 6. The summed E-state index contributed by atoms with van der Waals surface area (Å²) in [6, 6.07) is 0.724. The van der Waals surface area contributed by atoms with Crippen LogP contribution in [0.3, 0.4) is 0 Å². The van der Waals surface area contributed by atoms with Gasteiger partial charge < -0.3 is 5.32 Å². The lowest BCUT2D eigenvalue weighted by atomic mass is 9.82. The van der Waals surface area contributed by atoms with Crippen molar-refractivity contribution in [2.45, 2.75) is 71.8 Å². The van der Waals surface area contributed by atoms with Crippen LogP contribution in [-0.2, 0) is 0 Å². The molecule has 0 amide bonds. The third-order valence-corrected chi connectivity index (χ3v) is 3.79. The van der Waals surface area contributed by atoms with Crippen LogP contribution in [0.1, 0.15) is 65.7 Å². The molecule has 1 heteroatoms. The minimum atomic E-state index is 0.724. The lowest BCUT2D eigenvalue weighted by Crippen LogP contribution is -2.33. The smallest absolute Gasteiger partial charge is 0.00388 e. The van der Waals surface area contributed by atoms with Crippen molar-refractivity contribution in [1.82, 2.24) is 5.32 Å². The summed E-state index contributed by atoms with van der Waals surface area (Å²) in [7, 11) is 0. The standard InChI is InChI=1S/C14H29N/c1-4-5-8-13(3)15-11-14-9-6-7-12(2)10-14/h12-15H,4-11H2,1-3H3. The molecule has 90 valence electrons. The molecule has 0 aliphatic heterocycles. The van der Waals surface area contributed by atoms with E-state index in [1.807, 2.05) is 0 Å². The van der Waals surface area contributed by atoms with E-state index in [1.165, 1.54) is 51.5 Å². The predicted molar refractivity (Wildman–Crippen MR) is 68.1 cm³/mol. The molecular formula is C14H29N. The number of nitrogens with one attached hydrogen (secondary N) is 1. The average molecular weight is 211 g/mol. The molecule has 0 bridgehead atoms. The van der Waals surface area contributed by atoms with Gasteiger partial charge in [-0.15, -0.1) is 0 Å². The molecule has 1 aliphatic rings. The molecule has 0 aromatic carbocycles. The first-order chi connectivity index (χ1) is 7.22. The Hall–Kier alpha value is -0.0400. The molecule has 0 radical (unpaired) electrons. The lowest BCUT2D eigenvalue weighted by molar-refractivity contribution is 0.266. The quantitative estimate of drug-likeness (QED) is 0.700. The van der Waals surface area contributed by atoms with Gasteiger partial charge in [0.2, 0.25) is 0 Å². The maximum absolute atomic E-state index is 3.71. The molecule has 3 atom stereocenters. The minimum absolute atomic E-state index is 0.724. The topological polar surface area (TPSA) is 12.0 Å². The van der Waals surface area contributed by atoms with Crippen LogP contribution in [0.15, 0.2) is 0 Å². The number of hydrogen-bond acceptors (Lipinski definition) is 1. The third-order valence-electron chi connectivity index (χ3n) is 3.79. The number of hydrogen-bond donors (Lipinski definition) is 1. The normalized spacial score (nSPS) is 29.0. The van der Waals surface area contributed by atoms with Gasteiger partial charge in [0.1, 0.15) is 0 Å². The van der Waals surface area contributed by atoms with Crippen molar-refractivity contribution in [1.29, 1.82) is 0 Å². The predicted octanol–water partition coefficient (Wildman–Crippen LogP) is 3.98. The first kappa shape index (κ1) is 13.0. The van der Waals surface area contributed by atoms with Crippen molar-refractivity contribution in [2.24, 2.45) is 11.8 Å². The highest BCUT2D eigenvalue weighted by Gasteiger charge is 2.18. The molecule has 1 nitrogen and oxygen atoms in total. The Balaban J connectivity index is 2.07. The van der Waals surface area contributed by atoms with Crippen molar-refractivity contribution in [2.75, 3.05) is 6.54 Å². The van der Waals surface area contributed by atoms with E-state index in [0.717, 1.165) is 17.9 Å². The van der Waals surface area contributed by atoms with E-state index in [4.69, 9.17) is 0 Å². The van der Waals surface area contributed by atoms with E-state index >= 15 is 0 Å². The van der Waals surface area contributed by atoms with Gasteiger partial charge in [-0.3, -0.25) is 0 Å². The summed E-state index contributed by atoms with van der Waals surface area (Å²) in [5, 5.41) is 3.71. The van der Waals surface area contributed by atoms with E-state index in [1.54, 1.807) is 0 Å². The highest BCUT2D eigenvalue weighted by atomic mass is 14.9. The molecule has 1 aliphatic carbocycles. The Morgan fingerprint density at radius 3 is 2.80 bits per heavy atom. The van der Waals surface area contributed by atoms with Crippen LogP contribution < -0.4 is 5.32 Å². The zero-order valence-electron chi connectivity index (χ0n) is 10.9. The Kier molecular flexibility index (Phi) is 6.31. The van der Waals surface area contributed by atoms with Crippen LogP contribution in [0.25, 0.3) is 0 Å². The van der Waals surface area contributed by atoms with Gasteiger partial charge in [-0.1, -0.05) is 39.5 Å². The SMILES string of the molecule is CCCCC(C)NCC1CCCC(C)C1. The van der Waals surface area contributed by atoms with Crippen LogP contribution >= 0.6 is 0 Å². The maximum atomic E-state index is 3.71. The minimum Gasteiger partial charge on any atom is -0.314 e. The van der Waals surface area contributed by atoms with Gasteiger partial charge in [0.05, 0.1) is 0 Å². The summed E-state index contributed by atoms with van der Waals surface area (Å²) in [5.41, 5.74) is 0. The van der Waals surface area contributed by atoms with Gasteiger partial charge in [0, 0.05) is 6.04 Å². The van der Waals surface area contributed by atoms with Crippen LogP contribution in [-0.4, -0.2) is 12.6 Å². The first-order valence-corrected chi connectivity index (χ1v) is 6.95. The lowest BCUT2D eigenvalue weighted by Gasteiger charge is -2.28. The molecule has 0 saturated heterocycles. The third kappa shape index (κ3) is 5.55. The zero-order valence-corrected chi connectivity index (χ0v) is 10.9. The van der Waals surface area contributed by atoms with E-state index in [0.29, 0.717) is 0 Å². The molecular weight excluding hydrogens is 182 g/mol. The molecule has 15 heavy (non-hydrogen) atoms. The maximum Gasteiger partial charge on any atom is 0.00388 e. The second-order valence-electron chi connectivity index (χ2n) is 5.59. The Labute approximate surface area is 96.0 Å². The summed E-state index contributed by atoms with van der Waals surface area (Å²) in [6.45, 7) is 8.28. The zero-order chi connectivity index (χ0) is 11.1. The second-order valence-corrected chi connectivity index (χ2v) is 5.59. The fourth-order valence-corrected chi connectivity index (χ4v) is 2.73. The van der Waals surface area contributed by atoms with Crippen molar-refractivity contribution >= 4 is 0 Å².